The Balaban J connectivity index is 4.13. The van der Waals surface area contributed by atoms with Gasteiger partial charge in [-0.25, -0.2) is 0 Å². The third-order valence-corrected chi connectivity index (χ3v) is 2.29. The molecule has 0 saturated heterocycles. The van der Waals surface area contributed by atoms with E-state index in [1.807, 2.05) is 20.8 Å². The Bertz CT molecular complexity index is 252. The van der Waals surface area contributed by atoms with Crippen molar-refractivity contribution in [2.45, 2.75) is 52.7 Å². The van der Waals surface area contributed by atoms with Crippen LogP contribution in [0.5, 0.6) is 0 Å². The van der Waals surface area contributed by atoms with Crippen LogP contribution in [0.3, 0.4) is 0 Å². The van der Waals surface area contributed by atoms with Gasteiger partial charge in [-0.15, -0.1) is 0 Å². The Morgan fingerprint density at radius 3 is 2.29 bits per heavy atom. The molecule has 0 aromatic rings. The predicted octanol–water partition coefficient (Wildman–Crippen LogP) is 0.520. The molecule has 0 aliphatic rings. The summed E-state index contributed by atoms with van der Waals surface area (Å²) in [7, 11) is 0. The minimum atomic E-state index is -0.484. The molecule has 17 heavy (non-hydrogen) atoms. The van der Waals surface area contributed by atoms with E-state index in [2.05, 4.69) is 5.32 Å². The molecule has 1 atom stereocenters. The van der Waals surface area contributed by atoms with Gasteiger partial charge in [-0.3, -0.25) is 9.59 Å². The predicted molar refractivity (Wildman–Crippen MR) is 66.4 cm³/mol. The van der Waals surface area contributed by atoms with Crippen LogP contribution < -0.4 is 5.32 Å². The first kappa shape index (κ1) is 15.9. The molecule has 0 saturated carbocycles. The topological polar surface area (TPSA) is 69.6 Å². The van der Waals surface area contributed by atoms with Crippen molar-refractivity contribution in [1.82, 2.24) is 10.2 Å². The fourth-order valence-corrected chi connectivity index (χ4v) is 1.41. The number of carbonyl (C=O) groups is 2. The molecule has 0 bridgehead atoms. The first-order valence-electron chi connectivity index (χ1n) is 6.12. The van der Waals surface area contributed by atoms with E-state index in [0.29, 0.717) is 13.0 Å². The van der Waals surface area contributed by atoms with Gasteiger partial charge >= 0.3 is 0 Å². The quantitative estimate of drug-likeness (QED) is 0.686. The molecular weight excluding hydrogens is 220 g/mol. The molecule has 5 heteroatoms. The summed E-state index contributed by atoms with van der Waals surface area (Å²) in [5.74, 6) is -0.237. The summed E-state index contributed by atoms with van der Waals surface area (Å²) in [5.41, 5.74) is 0. The lowest BCUT2D eigenvalue weighted by atomic mass is 10.2. The molecule has 0 spiro atoms. The number of aliphatic hydroxyl groups excluding tert-OH is 1. The van der Waals surface area contributed by atoms with Gasteiger partial charge in [0, 0.05) is 19.0 Å². The first-order chi connectivity index (χ1) is 7.86. The maximum atomic E-state index is 11.7. The molecule has 1 unspecified atom stereocenters. The number of carbonyl (C=O) groups excluding carboxylic acids is 2. The Morgan fingerprint density at radius 2 is 1.88 bits per heavy atom. The standard InChI is InChI=1S/C12H24N2O3/c1-5-14(8-11(16)13-9(2)3)12(17)7-6-10(4)15/h9-10,15H,5-8H2,1-4H3,(H,13,16). The number of nitrogens with zero attached hydrogens (tertiary/aromatic N) is 1. The van der Waals surface area contributed by atoms with Gasteiger partial charge in [-0.2, -0.15) is 0 Å². The van der Waals surface area contributed by atoms with Crippen LogP contribution in [0.2, 0.25) is 0 Å². The maximum absolute atomic E-state index is 11.7. The first-order valence-corrected chi connectivity index (χ1v) is 6.12. The maximum Gasteiger partial charge on any atom is 0.239 e. The molecule has 0 aliphatic heterocycles. The molecule has 100 valence electrons. The van der Waals surface area contributed by atoms with Gasteiger partial charge < -0.3 is 15.3 Å². The second kappa shape index (κ2) is 8.06. The molecular formula is C12H24N2O3. The molecule has 0 rings (SSSR count). The average Bonchev–Trinajstić information content (AvgIpc) is 2.21. The summed E-state index contributed by atoms with van der Waals surface area (Å²) in [6, 6.07) is 0.0776. The molecule has 0 aromatic heterocycles. The van der Waals surface area contributed by atoms with Gasteiger partial charge in [0.2, 0.25) is 11.8 Å². The second-order valence-electron chi connectivity index (χ2n) is 4.52. The van der Waals surface area contributed by atoms with E-state index in [1.165, 1.54) is 4.90 Å². The second-order valence-corrected chi connectivity index (χ2v) is 4.52. The third kappa shape index (κ3) is 7.74. The Kier molecular flexibility index (Phi) is 7.54. The van der Waals surface area contributed by atoms with Gasteiger partial charge in [0.25, 0.3) is 0 Å². The normalized spacial score (nSPS) is 12.4. The van der Waals surface area contributed by atoms with E-state index in [9.17, 15) is 9.59 Å². The summed E-state index contributed by atoms with van der Waals surface area (Å²) in [5, 5.41) is 11.9. The number of rotatable bonds is 7. The largest absolute Gasteiger partial charge is 0.393 e. The molecule has 0 aromatic carbocycles. The number of aliphatic hydroxyl groups is 1. The summed E-state index contributed by atoms with van der Waals surface area (Å²) in [6.07, 6.45) is 0.226. The van der Waals surface area contributed by atoms with E-state index < -0.39 is 6.10 Å². The van der Waals surface area contributed by atoms with Crippen LogP contribution in [0.4, 0.5) is 0 Å². The van der Waals surface area contributed by atoms with Crippen LogP contribution in [-0.2, 0) is 9.59 Å². The number of hydrogen-bond acceptors (Lipinski definition) is 3. The number of nitrogens with one attached hydrogen (secondary N) is 1. The average molecular weight is 244 g/mol. The highest BCUT2D eigenvalue weighted by molar-refractivity contribution is 5.84. The highest BCUT2D eigenvalue weighted by Crippen LogP contribution is 2.01. The lowest BCUT2D eigenvalue weighted by molar-refractivity contribution is -0.136. The van der Waals surface area contributed by atoms with Crippen LogP contribution in [0.15, 0.2) is 0 Å². The monoisotopic (exact) mass is 244 g/mol. The molecule has 0 fully saturated rings. The van der Waals surface area contributed by atoms with E-state index in [-0.39, 0.29) is 30.8 Å². The molecule has 2 N–H and O–H groups in total. The van der Waals surface area contributed by atoms with Crippen molar-refractivity contribution in [3.05, 3.63) is 0 Å². The summed E-state index contributed by atoms with van der Waals surface area (Å²) in [4.78, 5) is 24.7. The molecule has 0 aliphatic carbocycles. The van der Waals surface area contributed by atoms with E-state index in [4.69, 9.17) is 5.11 Å². The number of hydrogen-bond donors (Lipinski definition) is 2. The van der Waals surface area contributed by atoms with Gasteiger partial charge in [0.15, 0.2) is 0 Å². The minimum Gasteiger partial charge on any atom is -0.393 e. The SMILES string of the molecule is CCN(CC(=O)NC(C)C)C(=O)CCC(C)O. The van der Waals surface area contributed by atoms with Crippen LogP contribution in [-0.4, -0.2) is 47.1 Å². The van der Waals surface area contributed by atoms with Gasteiger partial charge in [-0.05, 0) is 34.1 Å². The molecule has 5 nitrogen and oxygen atoms in total. The fraction of sp³-hybridized carbons (Fsp3) is 0.833. The van der Waals surface area contributed by atoms with Crippen molar-refractivity contribution in [2.75, 3.05) is 13.1 Å². The van der Waals surface area contributed by atoms with Crippen molar-refractivity contribution >= 4 is 11.8 Å². The molecule has 2 amide bonds. The van der Waals surface area contributed by atoms with Gasteiger partial charge in [0.05, 0.1) is 12.6 Å². The van der Waals surface area contributed by atoms with Crippen molar-refractivity contribution in [3.8, 4) is 0 Å². The van der Waals surface area contributed by atoms with Gasteiger partial charge in [0.1, 0.15) is 0 Å². The third-order valence-electron chi connectivity index (χ3n) is 2.29. The highest BCUT2D eigenvalue weighted by atomic mass is 16.3. The summed E-state index contributed by atoms with van der Waals surface area (Å²) >= 11 is 0. The molecule has 0 heterocycles. The zero-order valence-corrected chi connectivity index (χ0v) is 11.2. The van der Waals surface area contributed by atoms with Crippen molar-refractivity contribution in [2.24, 2.45) is 0 Å². The zero-order valence-electron chi connectivity index (χ0n) is 11.2. The van der Waals surface area contributed by atoms with Crippen molar-refractivity contribution < 1.29 is 14.7 Å². The highest BCUT2D eigenvalue weighted by Gasteiger charge is 2.16. The van der Waals surface area contributed by atoms with E-state index in [0.717, 1.165) is 0 Å². The van der Waals surface area contributed by atoms with Crippen molar-refractivity contribution in [1.29, 1.82) is 0 Å². The van der Waals surface area contributed by atoms with Crippen LogP contribution in [0.1, 0.15) is 40.5 Å². The number of likely N-dealkylation sites (N-methyl/N-ethyl adjacent to an activating group) is 1. The van der Waals surface area contributed by atoms with Crippen molar-refractivity contribution in [3.63, 3.8) is 0 Å². The Labute approximate surface area is 103 Å². The van der Waals surface area contributed by atoms with E-state index in [1.54, 1.807) is 6.92 Å². The van der Waals surface area contributed by atoms with Crippen LogP contribution in [0.25, 0.3) is 0 Å². The minimum absolute atomic E-state index is 0.0776. The fourth-order valence-electron chi connectivity index (χ4n) is 1.41. The lowest BCUT2D eigenvalue weighted by Gasteiger charge is -2.21. The summed E-state index contributed by atoms with van der Waals surface area (Å²) < 4.78 is 0. The molecule has 0 radical (unpaired) electrons. The van der Waals surface area contributed by atoms with Gasteiger partial charge in [-0.1, -0.05) is 0 Å². The number of amides is 2. The van der Waals surface area contributed by atoms with Crippen LogP contribution >= 0.6 is 0 Å². The Hall–Kier alpha value is -1.10. The lowest BCUT2D eigenvalue weighted by Crippen LogP contribution is -2.42. The van der Waals surface area contributed by atoms with Crippen LogP contribution in [0, 0.1) is 0 Å². The van der Waals surface area contributed by atoms with E-state index >= 15 is 0 Å². The smallest absolute Gasteiger partial charge is 0.239 e. The summed E-state index contributed by atoms with van der Waals surface area (Å²) in [6.45, 7) is 7.84. The Morgan fingerprint density at radius 1 is 1.29 bits per heavy atom. The zero-order chi connectivity index (χ0) is 13.4.